The molecular weight excluding hydrogens is 272 g/mol. The molecule has 0 aliphatic rings. The van der Waals surface area contributed by atoms with Gasteiger partial charge < -0.3 is 4.42 Å². The summed E-state index contributed by atoms with van der Waals surface area (Å²) in [4.78, 5) is 12.3. The fraction of sp³-hybridized carbons (Fsp3) is 0.118. The Bertz CT molecular complexity index is 845. The molecule has 0 aliphatic heterocycles. The minimum Gasteiger partial charge on any atom is -0.456 e. The van der Waals surface area contributed by atoms with Crippen molar-refractivity contribution in [1.82, 2.24) is 0 Å². The predicted molar refractivity (Wildman–Crippen MR) is 82.4 cm³/mol. The van der Waals surface area contributed by atoms with Gasteiger partial charge in [0.15, 0.2) is 5.43 Å². The molecule has 2 aromatic carbocycles. The quantitative estimate of drug-likeness (QED) is 0.646. The molecule has 3 heteroatoms. The highest BCUT2D eigenvalue weighted by Crippen LogP contribution is 2.25. The first-order valence-electron chi connectivity index (χ1n) is 6.35. The van der Waals surface area contributed by atoms with Gasteiger partial charge in [0, 0.05) is 16.7 Å². The number of rotatable bonds is 1. The Hall–Kier alpha value is -2.06. The van der Waals surface area contributed by atoms with Crippen molar-refractivity contribution >= 4 is 22.6 Å². The minimum absolute atomic E-state index is 0.0250. The summed E-state index contributed by atoms with van der Waals surface area (Å²) in [7, 11) is 0. The molecule has 3 rings (SSSR count). The van der Waals surface area contributed by atoms with Crippen molar-refractivity contribution < 1.29 is 4.42 Å². The summed E-state index contributed by atoms with van der Waals surface area (Å²) in [5.41, 5.74) is 3.49. The van der Waals surface area contributed by atoms with Crippen LogP contribution in [0.15, 0.2) is 51.7 Å². The summed E-state index contributed by atoms with van der Waals surface area (Å²) in [6.45, 7) is 3.92. The zero-order valence-electron chi connectivity index (χ0n) is 11.2. The molecule has 3 aromatic rings. The third-order valence-electron chi connectivity index (χ3n) is 3.29. The molecule has 20 heavy (non-hydrogen) atoms. The Kier molecular flexibility index (Phi) is 3.11. The molecule has 0 aliphatic carbocycles. The lowest BCUT2D eigenvalue weighted by atomic mass is 10.1. The Labute approximate surface area is 121 Å². The summed E-state index contributed by atoms with van der Waals surface area (Å²) in [6.07, 6.45) is 0. The third-order valence-corrected chi connectivity index (χ3v) is 3.54. The number of hydrogen-bond donors (Lipinski definition) is 0. The third kappa shape index (κ3) is 2.23. The summed E-state index contributed by atoms with van der Waals surface area (Å²) in [6, 6.07) is 12.7. The van der Waals surface area contributed by atoms with E-state index in [0.717, 1.165) is 16.7 Å². The van der Waals surface area contributed by atoms with Gasteiger partial charge in [-0.25, -0.2) is 0 Å². The Balaban J connectivity index is 2.29. The van der Waals surface area contributed by atoms with Crippen molar-refractivity contribution in [3.8, 4) is 11.3 Å². The highest BCUT2D eigenvalue weighted by atomic mass is 35.5. The van der Waals surface area contributed by atoms with Crippen LogP contribution in [0, 0.1) is 13.8 Å². The Morgan fingerprint density at radius 2 is 1.70 bits per heavy atom. The van der Waals surface area contributed by atoms with E-state index in [1.54, 1.807) is 12.1 Å². The highest BCUT2D eigenvalue weighted by Gasteiger charge is 2.09. The van der Waals surface area contributed by atoms with Gasteiger partial charge in [0.05, 0.1) is 5.39 Å². The number of benzene rings is 2. The van der Waals surface area contributed by atoms with Crippen molar-refractivity contribution in [2.24, 2.45) is 0 Å². The number of aryl methyl sites for hydroxylation is 2. The monoisotopic (exact) mass is 284 g/mol. The van der Waals surface area contributed by atoms with E-state index in [1.807, 2.05) is 38.1 Å². The SMILES string of the molecule is Cc1cc(C)c2oc(-c3ccc(Cl)cc3)cc(=O)c2c1. The summed E-state index contributed by atoms with van der Waals surface area (Å²) < 4.78 is 5.91. The first kappa shape index (κ1) is 12.9. The minimum atomic E-state index is -0.0250. The van der Waals surface area contributed by atoms with Gasteiger partial charge in [0.2, 0.25) is 0 Å². The molecule has 2 nitrogen and oxygen atoms in total. The van der Waals surface area contributed by atoms with Gasteiger partial charge in [-0.15, -0.1) is 0 Å². The predicted octanol–water partition coefficient (Wildman–Crippen LogP) is 4.73. The highest BCUT2D eigenvalue weighted by molar-refractivity contribution is 6.30. The van der Waals surface area contributed by atoms with Crippen molar-refractivity contribution in [2.75, 3.05) is 0 Å². The molecule has 0 bridgehead atoms. The molecule has 0 fully saturated rings. The lowest BCUT2D eigenvalue weighted by Gasteiger charge is -2.06. The molecule has 0 spiro atoms. The van der Waals surface area contributed by atoms with Gasteiger partial charge >= 0.3 is 0 Å². The fourth-order valence-corrected chi connectivity index (χ4v) is 2.49. The molecule has 0 amide bonds. The molecular formula is C17H13ClO2. The van der Waals surface area contributed by atoms with E-state index < -0.39 is 0 Å². The van der Waals surface area contributed by atoms with Crippen LogP contribution in [0.3, 0.4) is 0 Å². The maximum Gasteiger partial charge on any atom is 0.193 e. The van der Waals surface area contributed by atoms with Gasteiger partial charge in [-0.1, -0.05) is 17.7 Å². The fourth-order valence-electron chi connectivity index (χ4n) is 2.37. The Morgan fingerprint density at radius 1 is 1.00 bits per heavy atom. The van der Waals surface area contributed by atoms with Crippen LogP contribution in [0.5, 0.6) is 0 Å². The van der Waals surface area contributed by atoms with Gasteiger partial charge in [0.1, 0.15) is 11.3 Å². The number of fused-ring (bicyclic) bond motifs is 1. The van der Waals surface area contributed by atoms with Crippen LogP contribution in [0.1, 0.15) is 11.1 Å². The largest absolute Gasteiger partial charge is 0.456 e. The average Bonchev–Trinajstić information content (AvgIpc) is 2.40. The Morgan fingerprint density at radius 3 is 2.40 bits per heavy atom. The van der Waals surface area contributed by atoms with Crippen LogP contribution in [-0.4, -0.2) is 0 Å². The molecule has 100 valence electrons. The molecule has 0 saturated carbocycles. The molecule has 0 atom stereocenters. The van der Waals surface area contributed by atoms with E-state index >= 15 is 0 Å². The smallest absolute Gasteiger partial charge is 0.193 e. The van der Waals surface area contributed by atoms with Gasteiger partial charge in [-0.05, 0) is 55.3 Å². The van der Waals surface area contributed by atoms with E-state index in [-0.39, 0.29) is 5.43 Å². The summed E-state index contributed by atoms with van der Waals surface area (Å²) in [5, 5.41) is 1.28. The van der Waals surface area contributed by atoms with E-state index in [4.69, 9.17) is 16.0 Å². The molecule has 0 radical (unpaired) electrons. The second kappa shape index (κ2) is 4.80. The molecule has 1 aromatic heterocycles. The van der Waals surface area contributed by atoms with Crippen LogP contribution >= 0.6 is 11.6 Å². The second-order valence-corrected chi connectivity index (χ2v) is 5.38. The molecule has 0 N–H and O–H groups in total. The molecule has 1 heterocycles. The maximum atomic E-state index is 12.3. The van der Waals surface area contributed by atoms with Crippen molar-refractivity contribution in [1.29, 1.82) is 0 Å². The first-order chi connectivity index (χ1) is 9.54. The normalized spacial score (nSPS) is 10.9. The zero-order chi connectivity index (χ0) is 14.3. The molecule has 0 unspecified atom stereocenters. The first-order valence-corrected chi connectivity index (χ1v) is 6.73. The van der Waals surface area contributed by atoms with Crippen LogP contribution in [-0.2, 0) is 0 Å². The number of hydrogen-bond acceptors (Lipinski definition) is 2. The van der Waals surface area contributed by atoms with Crippen LogP contribution in [0.4, 0.5) is 0 Å². The standard InChI is InChI=1S/C17H13ClO2/c1-10-7-11(2)17-14(8-10)15(19)9-16(20-17)12-3-5-13(18)6-4-12/h3-9H,1-2H3. The van der Waals surface area contributed by atoms with Crippen LogP contribution < -0.4 is 5.43 Å². The van der Waals surface area contributed by atoms with Gasteiger partial charge in [0.25, 0.3) is 0 Å². The van der Waals surface area contributed by atoms with E-state index in [0.29, 0.717) is 21.8 Å². The van der Waals surface area contributed by atoms with E-state index in [2.05, 4.69) is 0 Å². The van der Waals surface area contributed by atoms with Crippen molar-refractivity contribution in [2.45, 2.75) is 13.8 Å². The number of halogens is 1. The van der Waals surface area contributed by atoms with E-state index in [9.17, 15) is 4.79 Å². The second-order valence-electron chi connectivity index (χ2n) is 4.94. The maximum absolute atomic E-state index is 12.3. The zero-order valence-corrected chi connectivity index (χ0v) is 12.0. The average molecular weight is 285 g/mol. The topological polar surface area (TPSA) is 30.2 Å². The van der Waals surface area contributed by atoms with Crippen molar-refractivity contribution in [3.05, 3.63) is 68.8 Å². The van der Waals surface area contributed by atoms with Gasteiger partial charge in [-0.2, -0.15) is 0 Å². The van der Waals surface area contributed by atoms with Crippen LogP contribution in [0.2, 0.25) is 5.02 Å². The van der Waals surface area contributed by atoms with Crippen molar-refractivity contribution in [3.63, 3.8) is 0 Å². The van der Waals surface area contributed by atoms with Crippen LogP contribution in [0.25, 0.3) is 22.3 Å². The summed E-state index contributed by atoms with van der Waals surface area (Å²) in [5.74, 6) is 0.561. The lowest BCUT2D eigenvalue weighted by Crippen LogP contribution is -2.01. The van der Waals surface area contributed by atoms with Gasteiger partial charge in [-0.3, -0.25) is 4.79 Å². The lowest BCUT2D eigenvalue weighted by molar-refractivity contribution is 0.616. The molecule has 0 saturated heterocycles. The van der Waals surface area contributed by atoms with E-state index in [1.165, 1.54) is 6.07 Å². The summed E-state index contributed by atoms with van der Waals surface area (Å²) >= 11 is 5.88.